The summed E-state index contributed by atoms with van der Waals surface area (Å²) in [4.78, 5) is 16.9. The molecular weight excluding hydrogens is 462 g/mol. The highest BCUT2D eigenvalue weighted by molar-refractivity contribution is 5.91. The number of para-hydroxylation sites is 4. The van der Waals surface area contributed by atoms with E-state index in [1.54, 1.807) is 6.08 Å². The van der Waals surface area contributed by atoms with E-state index >= 15 is 0 Å². The maximum Gasteiger partial charge on any atom is 0.243 e. The molecule has 0 aliphatic rings. The average molecular weight is 498 g/mol. The number of hydrogen-bond donors (Lipinski definition) is 1. The molecule has 0 atom stereocenters. The van der Waals surface area contributed by atoms with Gasteiger partial charge in [0.2, 0.25) is 5.91 Å². The van der Waals surface area contributed by atoms with E-state index < -0.39 is 0 Å². The van der Waals surface area contributed by atoms with Gasteiger partial charge < -0.3 is 19.4 Å². The second kappa shape index (κ2) is 13.9. The van der Waals surface area contributed by atoms with Crippen molar-refractivity contribution >= 4 is 23.0 Å². The summed E-state index contributed by atoms with van der Waals surface area (Å²) in [5.41, 5.74) is 3.14. The number of aromatic nitrogens is 2. The SMILES string of the molecule is CCOc1ccccc1OCCn1c(CCCCCNC(=O)/C=C/c2ccccc2)nc2ccccc21. The lowest BCUT2D eigenvalue weighted by Gasteiger charge is -2.13. The highest BCUT2D eigenvalue weighted by Gasteiger charge is 2.11. The van der Waals surface area contributed by atoms with Crippen LogP contribution in [0.2, 0.25) is 0 Å². The third kappa shape index (κ3) is 7.71. The van der Waals surface area contributed by atoms with Gasteiger partial charge in [-0.05, 0) is 55.7 Å². The Hall–Kier alpha value is -4.06. The fourth-order valence-electron chi connectivity index (χ4n) is 4.25. The zero-order valence-corrected chi connectivity index (χ0v) is 21.4. The molecule has 0 unspecified atom stereocenters. The molecule has 0 saturated carbocycles. The molecule has 1 N–H and O–H groups in total. The molecule has 1 heterocycles. The first-order valence-corrected chi connectivity index (χ1v) is 13.0. The van der Waals surface area contributed by atoms with Crippen LogP contribution in [-0.4, -0.2) is 35.2 Å². The molecule has 192 valence electrons. The van der Waals surface area contributed by atoms with E-state index in [9.17, 15) is 4.79 Å². The van der Waals surface area contributed by atoms with Gasteiger partial charge in [-0.1, -0.05) is 61.0 Å². The minimum Gasteiger partial charge on any atom is -0.490 e. The highest BCUT2D eigenvalue weighted by atomic mass is 16.5. The number of aryl methyl sites for hydroxylation is 1. The van der Waals surface area contributed by atoms with E-state index in [1.807, 2.05) is 79.7 Å². The Labute approximate surface area is 218 Å². The van der Waals surface area contributed by atoms with Crippen LogP contribution in [0.5, 0.6) is 11.5 Å². The van der Waals surface area contributed by atoms with Gasteiger partial charge in [0.1, 0.15) is 12.4 Å². The minimum atomic E-state index is -0.0587. The molecule has 0 aliphatic carbocycles. The molecule has 0 fully saturated rings. The van der Waals surface area contributed by atoms with E-state index in [4.69, 9.17) is 14.5 Å². The number of imidazole rings is 1. The van der Waals surface area contributed by atoms with Crippen LogP contribution >= 0.6 is 0 Å². The molecule has 37 heavy (non-hydrogen) atoms. The molecule has 6 nitrogen and oxygen atoms in total. The molecule has 3 aromatic carbocycles. The maximum atomic E-state index is 12.0. The third-order valence-electron chi connectivity index (χ3n) is 6.06. The van der Waals surface area contributed by atoms with Crippen molar-refractivity contribution in [2.24, 2.45) is 0 Å². The molecule has 0 aliphatic heterocycles. The number of hydrogen-bond acceptors (Lipinski definition) is 4. The highest BCUT2D eigenvalue weighted by Crippen LogP contribution is 2.26. The van der Waals surface area contributed by atoms with E-state index in [0.29, 0.717) is 26.3 Å². The number of benzene rings is 3. The van der Waals surface area contributed by atoms with Crippen molar-refractivity contribution in [2.75, 3.05) is 19.8 Å². The standard InChI is InChI=1S/C31H35N3O3/c1-2-36-28-17-10-11-18-29(28)37-24-23-34-27-16-9-8-15-26(27)33-30(34)19-7-4-12-22-32-31(35)21-20-25-13-5-3-6-14-25/h3,5-6,8-11,13-18,20-21H,2,4,7,12,19,22-24H2,1H3,(H,32,35)/b21-20+. The summed E-state index contributed by atoms with van der Waals surface area (Å²) >= 11 is 0. The lowest BCUT2D eigenvalue weighted by Crippen LogP contribution is -2.22. The van der Waals surface area contributed by atoms with Gasteiger partial charge in [-0.3, -0.25) is 4.79 Å². The molecule has 4 rings (SSSR count). The molecule has 0 saturated heterocycles. The Morgan fingerprint density at radius 2 is 1.62 bits per heavy atom. The van der Waals surface area contributed by atoms with Crippen molar-refractivity contribution in [3.05, 3.63) is 96.3 Å². The molecule has 4 aromatic rings. The van der Waals surface area contributed by atoms with Crippen LogP contribution in [0, 0.1) is 0 Å². The normalized spacial score (nSPS) is 11.2. The zero-order valence-electron chi connectivity index (χ0n) is 21.4. The second-order valence-corrected chi connectivity index (χ2v) is 8.74. The van der Waals surface area contributed by atoms with Gasteiger partial charge in [0, 0.05) is 19.0 Å². The van der Waals surface area contributed by atoms with Gasteiger partial charge in [-0.25, -0.2) is 4.98 Å². The summed E-state index contributed by atoms with van der Waals surface area (Å²) in [5, 5.41) is 2.97. The molecule has 0 spiro atoms. The van der Waals surface area contributed by atoms with Gasteiger partial charge in [-0.15, -0.1) is 0 Å². The fourth-order valence-corrected chi connectivity index (χ4v) is 4.25. The monoisotopic (exact) mass is 497 g/mol. The zero-order chi connectivity index (χ0) is 25.7. The maximum absolute atomic E-state index is 12.0. The number of amides is 1. The molecular formula is C31H35N3O3. The Balaban J connectivity index is 1.25. The van der Waals surface area contributed by atoms with Gasteiger partial charge >= 0.3 is 0 Å². The first-order valence-electron chi connectivity index (χ1n) is 13.0. The van der Waals surface area contributed by atoms with Crippen molar-refractivity contribution in [1.82, 2.24) is 14.9 Å². The van der Waals surface area contributed by atoms with Crippen LogP contribution in [-0.2, 0) is 17.8 Å². The molecule has 0 bridgehead atoms. The van der Waals surface area contributed by atoms with Crippen LogP contribution < -0.4 is 14.8 Å². The van der Waals surface area contributed by atoms with E-state index in [0.717, 1.165) is 59.6 Å². The molecule has 1 aromatic heterocycles. The lowest BCUT2D eigenvalue weighted by atomic mass is 10.2. The first-order chi connectivity index (χ1) is 18.2. The Morgan fingerprint density at radius 1 is 0.892 bits per heavy atom. The number of rotatable bonds is 14. The van der Waals surface area contributed by atoms with Crippen LogP contribution in [0.4, 0.5) is 0 Å². The Kier molecular flexibility index (Phi) is 9.76. The first kappa shape index (κ1) is 26.0. The fraction of sp³-hybridized carbons (Fsp3) is 0.290. The molecule has 6 heteroatoms. The Bertz CT molecular complexity index is 1300. The van der Waals surface area contributed by atoms with Gasteiger partial charge in [0.05, 0.1) is 24.2 Å². The third-order valence-corrected chi connectivity index (χ3v) is 6.06. The number of nitrogens with one attached hydrogen (secondary N) is 1. The average Bonchev–Trinajstić information content (AvgIpc) is 3.28. The summed E-state index contributed by atoms with van der Waals surface area (Å²) in [6, 6.07) is 25.8. The van der Waals surface area contributed by atoms with E-state index in [1.165, 1.54) is 0 Å². The van der Waals surface area contributed by atoms with Crippen molar-refractivity contribution in [1.29, 1.82) is 0 Å². The number of carbonyl (C=O) groups excluding carboxylic acids is 1. The van der Waals surface area contributed by atoms with Crippen LogP contribution in [0.25, 0.3) is 17.1 Å². The number of unbranched alkanes of at least 4 members (excludes halogenated alkanes) is 2. The number of ether oxygens (including phenoxy) is 2. The predicted molar refractivity (Wildman–Crippen MR) is 149 cm³/mol. The lowest BCUT2D eigenvalue weighted by molar-refractivity contribution is -0.116. The van der Waals surface area contributed by atoms with E-state index in [2.05, 4.69) is 22.0 Å². The van der Waals surface area contributed by atoms with Gasteiger partial charge in [0.15, 0.2) is 11.5 Å². The summed E-state index contributed by atoms with van der Waals surface area (Å²) in [7, 11) is 0. The molecule has 0 radical (unpaired) electrons. The van der Waals surface area contributed by atoms with Crippen molar-refractivity contribution in [3.63, 3.8) is 0 Å². The summed E-state index contributed by atoms with van der Waals surface area (Å²) in [6.07, 6.45) is 7.26. The van der Waals surface area contributed by atoms with Crippen LogP contribution in [0.15, 0.2) is 84.9 Å². The predicted octanol–water partition coefficient (Wildman–Crippen LogP) is 6.06. The smallest absolute Gasteiger partial charge is 0.243 e. The van der Waals surface area contributed by atoms with Crippen LogP contribution in [0.1, 0.15) is 37.6 Å². The van der Waals surface area contributed by atoms with Crippen molar-refractivity contribution < 1.29 is 14.3 Å². The summed E-state index contributed by atoms with van der Waals surface area (Å²) in [6.45, 7) is 4.48. The summed E-state index contributed by atoms with van der Waals surface area (Å²) in [5.74, 6) is 2.54. The number of nitrogens with zero attached hydrogens (tertiary/aromatic N) is 2. The van der Waals surface area contributed by atoms with Gasteiger partial charge in [-0.2, -0.15) is 0 Å². The quantitative estimate of drug-likeness (QED) is 0.170. The second-order valence-electron chi connectivity index (χ2n) is 8.74. The largest absolute Gasteiger partial charge is 0.490 e. The summed E-state index contributed by atoms with van der Waals surface area (Å²) < 4.78 is 14.0. The van der Waals surface area contributed by atoms with Gasteiger partial charge in [0.25, 0.3) is 0 Å². The molecule has 1 amide bonds. The van der Waals surface area contributed by atoms with Crippen molar-refractivity contribution in [3.8, 4) is 11.5 Å². The number of carbonyl (C=O) groups is 1. The number of fused-ring (bicyclic) bond motifs is 1. The topological polar surface area (TPSA) is 65.4 Å². The van der Waals surface area contributed by atoms with E-state index in [-0.39, 0.29) is 5.91 Å². The van der Waals surface area contributed by atoms with Crippen LogP contribution in [0.3, 0.4) is 0 Å². The minimum absolute atomic E-state index is 0.0587. The van der Waals surface area contributed by atoms with Crippen molar-refractivity contribution in [2.45, 2.75) is 39.2 Å². The Morgan fingerprint density at radius 3 is 2.43 bits per heavy atom.